The van der Waals surface area contributed by atoms with E-state index in [1.807, 2.05) is 12.2 Å². The van der Waals surface area contributed by atoms with Crippen molar-refractivity contribution in [1.29, 1.82) is 0 Å². The molecule has 0 atom stereocenters. The zero-order valence-corrected chi connectivity index (χ0v) is 11.2. The molecule has 0 saturated carbocycles. The van der Waals surface area contributed by atoms with E-state index in [-0.39, 0.29) is 18.3 Å². The van der Waals surface area contributed by atoms with Crippen molar-refractivity contribution in [1.82, 2.24) is 10.5 Å². The SMILES string of the molecule is O=C(NCc1cc(-c2ccccc2F)no1)C1=CC=CC1. The summed E-state index contributed by atoms with van der Waals surface area (Å²) < 4.78 is 18.8. The van der Waals surface area contributed by atoms with Crippen LogP contribution in [0.5, 0.6) is 0 Å². The average molecular weight is 284 g/mol. The van der Waals surface area contributed by atoms with E-state index in [1.54, 1.807) is 30.3 Å². The molecule has 0 saturated heterocycles. The van der Waals surface area contributed by atoms with E-state index >= 15 is 0 Å². The molecule has 3 rings (SSSR count). The molecule has 0 radical (unpaired) electrons. The molecular weight excluding hydrogens is 271 g/mol. The first-order valence-corrected chi connectivity index (χ1v) is 6.58. The molecule has 5 heteroatoms. The van der Waals surface area contributed by atoms with Crippen LogP contribution in [0.15, 0.2) is 58.7 Å². The average Bonchev–Trinajstić information content (AvgIpc) is 3.17. The summed E-state index contributed by atoms with van der Waals surface area (Å²) in [7, 11) is 0. The highest BCUT2D eigenvalue weighted by Gasteiger charge is 2.13. The minimum absolute atomic E-state index is 0.135. The molecule has 1 amide bonds. The molecule has 1 heterocycles. The third kappa shape index (κ3) is 2.91. The molecule has 1 aliphatic rings. The standard InChI is InChI=1S/C16H13FN2O2/c17-14-8-4-3-7-13(14)15-9-12(21-19-15)10-18-16(20)11-5-1-2-6-11/h1-5,7-9H,6,10H2,(H,18,20). The molecule has 106 valence electrons. The summed E-state index contributed by atoms with van der Waals surface area (Å²) in [5.41, 5.74) is 1.50. The van der Waals surface area contributed by atoms with Gasteiger partial charge < -0.3 is 9.84 Å². The van der Waals surface area contributed by atoms with Gasteiger partial charge in [0.2, 0.25) is 5.91 Å². The second kappa shape index (κ2) is 5.75. The molecule has 4 nitrogen and oxygen atoms in total. The van der Waals surface area contributed by atoms with Crippen LogP contribution in [0, 0.1) is 5.82 Å². The van der Waals surface area contributed by atoms with Gasteiger partial charge in [-0.1, -0.05) is 35.5 Å². The Morgan fingerprint density at radius 2 is 2.24 bits per heavy atom. The Bertz CT molecular complexity index is 731. The van der Waals surface area contributed by atoms with Gasteiger partial charge in [-0.2, -0.15) is 0 Å². The highest BCUT2D eigenvalue weighted by Crippen LogP contribution is 2.22. The normalized spacial score (nSPS) is 13.3. The predicted octanol–water partition coefficient (Wildman–Crippen LogP) is 2.98. The zero-order valence-electron chi connectivity index (χ0n) is 11.2. The summed E-state index contributed by atoms with van der Waals surface area (Å²) in [6.07, 6.45) is 6.18. The number of carbonyl (C=O) groups is 1. The molecule has 0 fully saturated rings. The van der Waals surface area contributed by atoms with Gasteiger partial charge in [-0.15, -0.1) is 0 Å². The summed E-state index contributed by atoms with van der Waals surface area (Å²) in [6, 6.07) is 7.97. The van der Waals surface area contributed by atoms with E-state index in [4.69, 9.17) is 4.52 Å². The van der Waals surface area contributed by atoms with Crippen LogP contribution in [0.25, 0.3) is 11.3 Å². The van der Waals surface area contributed by atoms with E-state index in [0.717, 1.165) is 0 Å². The lowest BCUT2D eigenvalue weighted by atomic mass is 10.1. The number of amides is 1. The van der Waals surface area contributed by atoms with Gasteiger partial charge in [0.1, 0.15) is 11.5 Å². The second-order valence-corrected chi connectivity index (χ2v) is 4.67. The summed E-state index contributed by atoms with van der Waals surface area (Å²) >= 11 is 0. The fourth-order valence-corrected chi connectivity index (χ4v) is 2.09. The molecule has 0 bridgehead atoms. The molecule has 2 aromatic rings. The van der Waals surface area contributed by atoms with Gasteiger partial charge in [-0.25, -0.2) is 4.39 Å². The number of carbonyl (C=O) groups excluding carboxylic acids is 1. The maximum Gasteiger partial charge on any atom is 0.247 e. The Morgan fingerprint density at radius 1 is 1.38 bits per heavy atom. The predicted molar refractivity (Wildman–Crippen MR) is 75.6 cm³/mol. The molecular formula is C16H13FN2O2. The van der Waals surface area contributed by atoms with E-state index in [2.05, 4.69) is 10.5 Å². The number of nitrogens with one attached hydrogen (secondary N) is 1. The number of allylic oxidation sites excluding steroid dienone is 3. The summed E-state index contributed by atoms with van der Waals surface area (Å²) in [6.45, 7) is 0.220. The number of halogens is 1. The maximum absolute atomic E-state index is 13.6. The van der Waals surface area contributed by atoms with Crippen LogP contribution in [0.3, 0.4) is 0 Å². The lowest BCUT2D eigenvalue weighted by molar-refractivity contribution is -0.117. The minimum atomic E-state index is -0.358. The van der Waals surface area contributed by atoms with Gasteiger partial charge in [-0.3, -0.25) is 4.79 Å². The largest absolute Gasteiger partial charge is 0.359 e. The molecule has 21 heavy (non-hydrogen) atoms. The van der Waals surface area contributed by atoms with Crippen LogP contribution in [0.1, 0.15) is 12.2 Å². The first-order chi connectivity index (χ1) is 10.2. The quantitative estimate of drug-likeness (QED) is 0.939. The van der Waals surface area contributed by atoms with Gasteiger partial charge >= 0.3 is 0 Å². The first-order valence-electron chi connectivity index (χ1n) is 6.58. The van der Waals surface area contributed by atoms with E-state index in [0.29, 0.717) is 29.0 Å². The summed E-state index contributed by atoms with van der Waals surface area (Å²) in [5.74, 6) is -0.0134. The van der Waals surface area contributed by atoms with Crippen LogP contribution < -0.4 is 5.32 Å². The Balaban J connectivity index is 1.66. The van der Waals surface area contributed by atoms with Crippen molar-refractivity contribution in [3.05, 3.63) is 65.7 Å². The van der Waals surface area contributed by atoms with E-state index in [9.17, 15) is 9.18 Å². The first kappa shape index (κ1) is 13.3. The lowest BCUT2D eigenvalue weighted by Gasteiger charge is -2.02. The molecule has 1 aliphatic carbocycles. The maximum atomic E-state index is 13.6. The number of benzene rings is 1. The van der Waals surface area contributed by atoms with Crippen molar-refractivity contribution in [3.8, 4) is 11.3 Å². The Morgan fingerprint density at radius 3 is 3.00 bits per heavy atom. The van der Waals surface area contributed by atoms with Crippen LogP contribution >= 0.6 is 0 Å². The van der Waals surface area contributed by atoms with Crippen molar-refractivity contribution < 1.29 is 13.7 Å². The van der Waals surface area contributed by atoms with Crippen LogP contribution in [-0.4, -0.2) is 11.1 Å². The Labute approximate surface area is 121 Å². The van der Waals surface area contributed by atoms with Crippen molar-refractivity contribution >= 4 is 5.91 Å². The smallest absolute Gasteiger partial charge is 0.247 e. The fraction of sp³-hybridized carbons (Fsp3) is 0.125. The third-order valence-electron chi connectivity index (χ3n) is 3.19. The molecule has 1 aromatic heterocycles. The number of rotatable bonds is 4. The van der Waals surface area contributed by atoms with Gasteiger partial charge in [0.15, 0.2) is 5.76 Å². The van der Waals surface area contributed by atoms with E-state index in [1.165, 1.54) is 6.07 Å². The molecule has 0 aliphatic heterocycles. The summed E-state index contributed by atoms with van der Waals surface area (Å²) in [4.78, 5) is 11.8. The number of aromatic nitrogens is 1. The molecule has 1 aromatic carbocycles. The Kier molecular flexibility index (Phi) is 3.64. The second-order valence-electron chi connectivity index (χ2n) is 4.67. The highest BCUT2D eigenvalue weighted by molar-refractivity contribution is 5.94. The molecule has 0 unspecified atom stereocenters. The number of hydrogen-bond donors (Lipinski definition) is 1. The Hall–Kier alpha value is -2.69. The topological polar surface area (TPSA) is 55.1 Å². The van der Waals surface area contributed by atoms with E-state index < -0.39 is 0 Å². The highest BCUT2D eigenvalue weighted by atomic mass is 19.1. The van der Waals surface area contributed by atoms with Gasteiger partial charge in [-0.05, 0) is 18.6 Å². The monoisotopic (exact) mass is 284 g/mol. The van der Waals surface area contributed by atoms with Crippen molar-refractivity contribution in [2.24, 2.45) is 0 Å². The lowest BCUT2D eigenvalue weighted by Crippen LogP contribution is -2.23. The van der Waals surface area contributed by atoms with Crippen LogP contribution in [-0.2, 0) is 11.3 Å². The van der Waals surface area contributed by atoms with Crippen LogP contribution in [0.4, 0.5) is 4.39 Å². The van der Waals surface area contributed by atoms with Gasteiger partial charge in [0.25, 0.3) is 0 Å². The fourth-order valence-electron chi connectivity index (χ4n) is 2.09. The zero-order chi connectivity index (χ0) is 14.7. The summed E-state index contributed by atoms with van der Waals surface area (Å²) in [5, 5.41) is 6.58. The molecule has 0 spiro atoms. The van der Waals surface area contributed by atoms with Gasteiger partial charge in [0, 0.05) is 17.2 Å². The van der Waals surface area contributed by atoms with Gasteiger partial charge in [0.05, 0.1) is 6.54 Å². The van der Waals surface area contributed by atoms with Crippen molar-refractivity contribution in [3.63, 3.8) is 0 Å². The minimum Gasteiger partial charge on any atom is -0.359 e. The number of nitrogens with zero attached hydrogens (tertiary/aromatic N) is 1. The number of hydrogen-bond acceptors (Lipinski definition) is 3. The van der Waals surface area contributed by atoms with Crippen molar-refractivity contribution in [2.75, 3.05) is 0 Å². The van der Waals surface area contributed by atoms with Crippen molar-refractivity contribution in [2.45, 2.75) is 13.0 Å². The van der Waals surface area contributed by atoms with Crippen LogP contribution in [0.2, 0.25) is 0 Å². The molecule has 1 N–H and O–H groups in total. The third-order valence-corrected chi connectivity index (χ3v) is 3.19.